The van der Waals surface area contributed by atoms with Crippen LogP contribution in [0.2, 0.25) is 0 Å². The third-order valence-corrected chi connectivity index (χ3v) is 11.4. The van der Waals surface area contributed by atoms with E-state index in [0.717, 1.165) is 35.5 Å². The average molecular weight is 401 g/mol. The second-order valence-corrected chi connectivity index (χ2v) is 12.4. The summed E-state index contributed by atoms with van der Waals surface area (Å²) in [5.41, 5.74) is 1.54. The first kappa shape index (κ1) is 21.9. The normalized spacial score (nSPS) is 53.4. The molecule has 9 unspecified atom stereocenters. The van der Waals surface area contributed by atoms with Gasteiger partial charge in [0.15, 0.2) is 0 Å². The first-order valence-corrected chi connectivity index (χ1v) is 13.0. The van der Waals surface area contributed by atoms with Gasteiger partial charge in [0, 0.05) is 6.61 Å². The van der Waals surface area contributed by atoms with E-state index in [1.165, 1.54) is 77.0 Å². The highest BCUT2D eigenvalue weighted by Gasteiger charge is 2.63. The van der Waals surface area contributed by atoms with Gasteiger partial charge in [0.2, 0.25) is 0 Å². The fourth-order valence-corrected chi connectivity index (χ4v) is 10.3. The molecule has 29 heavy (non-hydrogen) atoms. The molecular weight excluding hydrogens is 352 g/mol. The quantitative estimate of drug-likeness (QED) is 0.448. The van der Waals surface area contributed by atoms with Crippen LogP contribution in [-0.4, -0.2) is 11.7 Å². The van der Waals surface area contributed by atoms with Gasteiger partial charge in [-0.2, -0.15) is 0 Å². The molecule has 5 rings (SSSR count). The maximum Gasteiger partial charge on any atom is 0.0490 e. The minimum absolute atomic E-state index is 0.324. The largest absolute Gasteiger partial charge is 0.396 e. The highest BCUT2D eigenvalue weighted by atomic mass is 16.3. The van der Waals surface area contributed by atoms with Gasteiger partial charge in [0.1, 0.15) is 0 Å². The van der Waals surface area contributed by atoms with Gasteiger partial charge in [0.25, 0.3) is 0 Å². The Kier molecular flexibility index (Phi) is 6.04. The molecule has 0 aromatic carbocycles. The molecule has 0 radical (unpaired) electrons. The Balaban J connectivity index is 0.000000645. The van der Waals surface area contributed by atoms with E-state index in [1.54, 1.807) is 6.08 Å². The van der Waals surface area contributed by atoms with Crippen molar-refractivity contribution in [1.82, 2.24) is 0 Å². The molecule has 5 fully saturated rings. The van der Waals surface area contributed by atoms with Gasteiger partial charge in [-0.15, -0.1) is 6.58 Å². The summed E-state index contributed by atoms with van der Waals surface area (Å²) in [6.07, 6.45) is 19.1. The lowest BCUT2D eigenvalue weighted by Gasteiger charge is -2.67. The molecule has 9 atom stereocenters. The second kappa shape index (κ2) is 7.99. The van der Waals surface area contributed by atoms with Crippen molar-refractivity contribution < 1.29 is 5.11 Å². The van der Waals surface area contributed by atoms with Crippen LogP contribution in [0.15, 0.2) is 12.7 Å². The summed E-state index contributed by atoms with van der Waals surface area (Å²) < 4.78 is 0. The third kappa shape index (κ3) is 3.19. The Morgan fingerprint density at radius 2 is 1.48 bits per heavy atom. The lowest BCUT2D eigenvalue weighted by molar-refractivity contribution is -0.185. The first-order chi connectivity index (χ1) is 13.9. The summed E-state index contributed by atoms with van der Waals surface area (Å²) >= 11 is 0. The Morgan fingerprint density at radius 1 is 0.828 bits per heavy atom. The van der Waals surface area contributed by atoms with Crippen molar-refractivity contribution in [3.05, 3.63) is 12.7 Å². The molecular formula is C28H48O. The van der Waals surface area contributed by atoms with Crippen LogP contribution in [0.4, 0.5) is 0 Å². The van der Waals surface area contributed by atoms with Crippen molar-refractivity contribution in [2.75, 3.05) is 6.61 Å². The topological polar surface area (TPSA) is 20.2 Å². The Morgan fingerprint density at radius 3 is 2.21 bits per heavy atom. The molecule has 166 valence electrons. The lowest BCUT2D eigenvalue weighted by Crippen LogP contribution is -2.60. The molecule has 0 bridgehead atoms. The zero-order chi connectivity index (χ0) is 20.9. The SMILES string of the molecule is C=CC.CC1CCCC2(C)C1CCC1(C)C3CCC4(CO)CCCC4C3CCC21. The molecule has 0 spiro atoms. The van der Waals surface area contributed by atoms with E-state index in [0.29, 0.717) is 22.9 Å². The second-order valence-electron chi connectivity index (χ2n) is 12.4. The minimum Gasteiger partial charge on any atom is -0.396 e. The smallest absolute Gasteiger partial charge is 0.0490 e. The van der Waals surface area contributed by atoms with E-state index in [2.05, 4.69) is 27.4 Å². The van der Waals surface area contributed by atoms with Gasteiger partial charge < -0.3 is 5.11 Å². The number of hydrogen-bond acceptors (Lipinski definition) is 1. The number of aliphatic hydroxyl groups excluding tert-OH is 1. The van der Waals surface area contributed by atoms with Gasteiger partial charge in [-0.05, 0) is 116 Å². The molecule has 0 aromatic heterocycles. The summed E-state index contributed by atoms with van der Waals surface area (Å²) in [4.78, 5) is 0. The van der Waals surface area contributed by atoms with E-state index in [-0.39, 0.29) is 0 Å². The maximum atomic E-state index is 10.3. The van der Waals surface area contributed by atoms with Crippen LogP contribution in [0, 0.1) is 51.8 Å². The number of hydrogen-bond donors (Lipinski definition) is 1. The van der Waals surface area contributed by atoms with Gasteiger partial charge in [-0.1, -0.05) is 46.1 Å². The molecule has 1 N–H and O–H groups in total. The van der Waals surface area contributed by atoms with Crippen LogP contribution >= 0.6 is 0 Å². The van der Waals surface area contributed by atoms with E-state index in [1.807, 2.05) is 6.92 Å². The van der Waals surface area contributed by atoms with E-state index in [4.69, 9.17) is 0 Å². The first-order valence-electron chi connectivity index (χ1n) is 13.0. The minimum atomic E-state index is 0.324. The fourth-order valence-electron chi connectivity index (χ4n) is 10.3. The van der Waals surface area contributed by atoms with Gasteiger partial charge in [0.05, 0.1) is 0 Å². The summed E-state index contributed by atoms with van der Waals surface area (Å²) in [5.74, 6) is 5.66. The standard InChI is InChI=1S/C25H42O.C3H6/c1-17-6-4-12-23(2)19(17)10-14-24(3)20-11-15-25(16-26)13-5-7-21(25)18(20)8-9-22(23)24;1-3-2/h17-22,26H,4-16H2,1-3H3;3H,1H2,2H3. The van der Waals surface area contributed by atoms with Crippen molar-refractivity contribution >= 4 is 0 Å². The molecule has 0 heterocycles. The van der Waals surface area contributed by atoms with Crippen LogP contribution in [0.1, 0.15) is 105 Å². The van der Waals surface area contributed by atoms with Crippen LogP contribution in [0.25, 0.3) is 0 Å². The van der Waals surface area contributed by atoms with Crippen molar-refractivity contribution in [2.24, 2.45) is 51.8 Å². The van der Waals surface area contributed by atoms with E-state index < -0.39 is 0 Å². The molecule has 5 aliphatic rings. The molecule has 5 saturated carbocycles. The zero-order valence-electron chi connectivity index (χ0n) is 19.9. The molecule has 1 heteroatoms. The van der Waals surface area contributed by atoms with Crippen LogP contribution in [0.5, 0.6) is 0 Å². The van der Waals surface area contributed by atoms with Crippen molar-refractivity contribution in [3.63, 3.8) is 0 Å². The number of allylic oxidation sites excluding steroid dienone is 1. The van der Waals surface area contributed by atoms with Gasteiger partial charge in [-0.25, -0.2) is 0 Å². The van der Waals surface area contributed by atoms with E-state index in [9.17, 15) is 5.11 Å². The van der Waals surface area contributed by atoms with Crippen LogP contribution in [-0.2, 0) is 0 Å². The van der Waals surface area contributed by atoms with Gasteiger partial charge in [-0.3, -0.25) is 0 Å². The number of fused-ring (bicyclic) bond motifs is 7. The Labute approximate surface area is 181 Å². The van der Waals surface area contributed by atoms with Crippen molar-refractivity contribution in [1.29, 1.82) is 0 Å². The lowest BCUT2D eigenvalue weighted by atomic mass is 9.38. The molecule has 1 nitrogen and oxygen atoms in total. The van der Waals surface area contributed by atoms with Crippen molar-refractivity contribution in [3.8, 4) is 0 Å². The molecule has 0 aromatic rings. The highest BCUT2D eigenvalue weighted by Crippen LogP contribution is 2.71. The third-order valence-electron chi connectivity index (χ3n) is 11.4. The predicted molar refractivity (Wildman–Crippen MR) is 124 cm³/mol. The number of aliphatic hydroxyl groups is 1. The fraction of sp³-hybridized carbons (Fsp3) is 0.929. The van der Waals surface area contributed by atoms with Crippen molar-refractivity contribution in [2.45, 2.75) is 105 Å². The van der Waals surface area contributed by atoms with E-state index >= 15 is 0 Å². The molecule has 5 aliphatic carbocycles. The molecule has 0 amide bonds. The maximum absolute atomic E-state index is 10.3. The summed E-state index contributed by atoms with van der Waals surface area (Å²) in [7, 11) is 0. The van der Waals surface area contributed by atoms with Crippen LogP contribution in [0.3, 0.4) is 0 Å². The van der Waals surface area contributed by atoms with Crippen LogP contribution < -0.4 is 0 Å². The summed E-state index contributed by atoms with van der Waals surface area (Å²) in [5, 5.41) is 10.3. The predicted octanol–water partition coefficient (Wildman–Crippen LogP) is 7.64. The van der Waals surface area contributed by atoms with Gasteiger partial charge >= 0.3 is 0 Å². The summed E-state index contributed by atoms with van der Waals surface area (Å²) in [6, 6.07) is 0. The Bertz CT molecular complexity index is 597. The zero-order valence-corrected chi connectivity index (χ0v) is 19.9. The monoisotopic (exact) mass is 400 g/mol. The molecule has 0 saturated heterocycles. The summed E-state index contributed by atoms with van der Waals surface area (Å²) in [6.45, 7) is 13.7. The average Bonchev–Trinajstić information content (AvgIpc) is 3.13. The molecule has 0 aliphatic heterocycles. The number of rotatable bonds is 1. The Hall–Kier alpha value is -0.300. The highest BCUT2D eigenvalue weighted by molar-refractivity contribution is 5.12.